The third kappa shape index (κ3) is 5.42. The Morgan fingerprint density at radius 2 is 1.96 bits per heavy atom. The number of likely N-dealkylation sites (tertiary alicyclic amines) is 1. The quantitative estimate of drug-likeness (QED) is 0.541. The summed E-state index contributed by atoms with van der Waals surface area (Å²) in [5, 5.41) is 14.3. The van der Waals surface area contributed by atoms with Gasteiger partial charge in [0.05, 0.1) is 30.8 Å². The maximum absolute atomic E-state index is 12.6. The summed E-state index contributed by atoms with van der Waals surface area (Å²) in [6.07, 6.45) is 3.16. The monoisotopic (exact) mass is 379 g/mol. The van der Waals surface area contributed by atoms with E-state index in [0.29, 0.717) is 37.5 Å². The summed E-state index contributed by atoms with van der Waals surface area (Å²) in [5.41, 5.74) is 0.960. The number of nitrogens with one attached hydrogen (secondary N) is 1. The molecule has 8 heteroatoms. The van der Waals surface area contributed by atoms with Gasteiger partial charge in [-0.3, -0.25) is 9.69 Å². The minimum absolute atomic E-state index is 0. The predicted octanol–water partition coefficient (Wildman–Crippen LogP) is -2.36. The molecule has 1 N–H and O–H groups in total. The van der Waals surface area contributed by atoms with Crippen molar-refractivity contribution in [2.75, 3.05) is 0 Å². The van der Waals surface area contributed by atoms with Crippen LogP contribution in [0.4, 0.5) is 0 Å². The molecule has 1 saturated heterocycles. The first kappa shape index (κ1) is 21.6. The van der Waals surface area contributed by atoms with E-state index in [-0.39, 0.29) is 42.0 Å². The third-order valence-corrected chi connectivity index (χ3v) is 4.64. The van der Waals surface area contributed by atoms with Gasteiger partial charge < -0.3 is 19.6 Å². The van der Waals surface area contributed by atoms with Crippen LogP contribution in [0.5, 0.6) is 0 Å². The van der Waals surface area contributed by atoms with Crippen LogP contribution in [0.3, 0.4) is 0 Å². The van der Waals surface area contributed by atoms with Gasteiger partial charge in [-0.25, -0.2) is 4.98 Å². The van der Waals surface area contributed by atoms with Crippen molar-refractivity contribution in [3.05, 3.63) is 53.7 Å². The number of carboxylic acid groups (broad SMARTS) is 1. The molecular weight excluding hydrogens is 357 g/mol. The molecule has 0 aliphatic carbocycles. The molecule has 0 spiro atoms. The van der Waals surface area contributed by atoms with Crippen LogP contribution in [0.2, 0.25) is 0 Å². The molecule has 1 fully saturated rings. The van der Waals surface area contributed by atoms with E-state index in [2.05, 4.69) is 10.3 Å². The van der Waals surface area contributed by atoms with Crippen molar-refractivity contribution in [2.24, 2.45) is 0 Å². The normalized spacial score (nSPS) is 19.4. The van der Waals surface area contributed by atoms with Crippen molar-refractivity contribution in [2.45, 2.75) is 51.4 Å². The van der Waals surface area contributed by atoms with Crippen molar-refractivity contribution >= 4 is 11.9 Å². The molecule has 1 aromatic heterocycles. The summed E-state index contributed by atoms with van der Waals surface area (Å²) in [6.45, 7) is 2.56. The van der Waals surface area contributed by atoms with Gasteiger partial charge in [0.15, 0.2) is 5.89 Å². The largest absolute Gasteiger partial charge is 1.00 e. The zero-order valence-electron chi connectivity index (χ0n) is 15.7. The van der Waals surface area contributed by atoms with Gasteiger partial charge in [0.2, 0.25) is 5.91 Å². The first-order valence-electron chi connectivity index (χ1n) is 8.80. The van der Waals surface area contributed by atoms with Gasteiger partial charge in [-0.1, -0.05) is 37.3 Å². The van der Waals surface area contributed by atoms with Crippen LogP contribution in [-0.2, 0) is 29.1 Å². The fourth-order valence-corrected chi connectivity index (χ4v) is 3.30. The van der Waals surface area contributed by atoms with Crippen molar-refractivity contribution in [3.63, 3.8) is 0 Å². The average molecular weight is 379 g/mol. The number of benzene rings is 1. The molecule has 138 valence electrons. The van der Waals surface area contributed by atoms with Crippen molar-refractivity contribution in [3.8, 4) is 0 Å². The number of aryl methyl sites for hydroxylation is 1. The summed E-state index contributed by atoms with van der Waals surface area (Å²) in [4.78, 5) is 29.9. The number of hydrogen-bond acceptors (Lipinski definition) is 6. The maximum Gasteiger partial charge on any atom is 1.00 e. The number of aliphatic carboxylic acids is 1. The third-order valence-electron chi connectivity index (χ3n) is 4.64. The average Bonchev–Trinajstić information content (AvgIpc) is 3.27. The number of carbonyl (C=O) groups excluding carboxylic acids is 2. The molecule has 0 saturated carbocycles. The van der Waals surface area contributed by atoms with Crippen LogP contribution >= 0.6 is 0 Å². The molecule has 1 aliphatic heterocycles. The summed E-state index contributed by atoms with van der Waals surface area (Å²) in [7, 11) is 0. The number of amides is 1. The second-order valence-electron chi connectivity index (χ2n) is 6.38. The van der Waals surface area contributed by atoms with E-state index in [1.165, 1.54) is 0 Å². The molecule has 2 unspecified atom stereocenters. The van der Waals surface area contributed by atoms with Gasteiger partial charge in [0, 0.05) is 13.0 Å². The van der Waals surface area contributed by atoms with E-state index < -0.39 is 18.1 Å². The van der Waals surface area contributed by atoms with Crippen LogP contribution in [0.25, 0.3) is 0 Å². The number of nitrogens with zero attached hydrogens (tertiary/aromatic N) is 2. The van der Waals surface area contributed by atoms with E-state index in [1.54, 1.807) is 11.1 Å². The molecule has 3 rings (SSSR count). The Morgan fingerprint density at radius 3 is 2.59 bits per heavy atom. The zero-order chi connectivity index (χ0) is 18.5. The Bertz CT molecular complexity index is 765. The van der Waals surface area contributed by atoms with Crippen LogP contribution in [0.1, 0.15) is 37.0 Å². The molecule has 0 bridgehead atoms. The van der Waals surface area contributed by atoms with Crippen LogP contribution in [0.15, 0.2) is 40.9 Å². The van der Waals surface area contributed by atoms with Gasteiger partial charge in [-0.2, -0.15) is 0 Å². The molecule has 7 nitrogen and oxygen atoms in total. The Kier molecular flexibility index (Phi) is 8.04. The number of aromatic nitrogens is 1. The van der Waals surface area contributed by atoms with Crippen LogP contribution in [0, 0.1) is 0 Å². The number of carboxylic acids is 1. The molecule has 2 atom stereocenters. The molecule has 2 aromatic rings. The van der Waals surface area contributed by atoms with E-state index in [4.69, 9.17) is 4.42 Å². The summed E-state index contributed by atoms with van der Waals surface area (Å²) in [5.74, 6) is -0.143. The standard InChI is InChI=1S/C19H23N3O4.Na/c1-2-17-20-10-14(26-17)11-21-18(23)15-8-9-16(19(24)25)22(15)12-13-6-4-3-5-7-13;/h3-7,10,15-16H,2,8-9,11-12H2,1H3,(H,21,23)(H,24,25);/q;+1/p-1. The molecule has 0 radical (unpaired) electrons. The summed E-state index contributed by atoms with van der Waals surface area (Å²) < 4.78 is 5.48. The van der Waals surface area contributed by atoms with Crippen LogP contribution in [-0.4, -0.2) is 33.8 Å². The van der Waals surface area contributed by atoms with E-state index >= 15 is 0 Å². The summed E-state index contributed by atoms with van der Waals surface area (Å²) >= 11 is 0. The fraction of sp³-hybridized carbons (Fsp3) is 0.421. The van der Waals surface area contributed by atoms with E-state index in [9.17, 15) is 14.7 Å². The van der Waals surface area contributed by atoms with E-state index in [0.717, 1.165) is 5.56 Å². The summed E-state index contributed by atoms with van der Waals surface area (Å²) in [6, 6.07) is 8.25. The molecule has 27 heavy (non-hydrogen) atoms. The Balaban J connectivity index is 0.00000261. The predicted molar refractivity (Wildman–Crippen MR) is 91.5 cm³/mol. The van der Waals surface area contributed by atoms with Crippen molar-refractivity contribution < 1.29 is 48.7 Å². The minimum Gasteiger partial charge on any atom is -0.548 e. The maximum atomic E-state index is 12.6. The molecule has 1 aliphatic rings. The Hall–Kier alpha value is -1.67. The molecule has 2 heterocycles. The first-order chi connectivity index (χ1) is 12.6. The second kappa shape index (κ2) is 10.0. The van der Waals surface area contributed by atoms with Gasteiger partial charge >= 0.3 is 29.6 Å². The van der Waals surface area contributed by atoms with E-state index in [1.807, 2.05) is 37.3 Å². The Labute approximate surface area is 180 Å². The van der Waals surface area contributed by atoms with Crippen molar-refractivity contribution in [1.29, 1.82) is 0 Å². The minimum atomic E-state index is -1.14. The van der Waals surface area contributed by atoms with Crippen molar-refractivity contribution in [1.82, 2.24) is 15.2 Å². The molecule has 1 aromatic carbocycles. The number of oxazole rings is 1. The number of carbonyl (C=O) groups is 2. The number of hydrogen-bond donors (Lipinski definition) is 1. The van der Waals surface area contributed by atoms with Gasteiger partial charge in [-0.05, 0) is 18.4 Å². The van der Waals surface area contributed by atoms with Gasteiger partial charge in [0.25, 0.3) is 0 Å². The topological polar surface area (TPSA) is 98.5 Å². The first-order valence-corrected chi connectivity index (χ1v) is 8.80. The van der Waals surface area contributed by atoms with Crippen LogP contribution < -0.4 is 40.0 Å². The smallest absolute Gasteiger partial charge is 0.548 e. The second-order valence-corrected chi connectivity index (χ2v) is 6.38. The fourth-order valence-electron chi connectivity index (χ4n) is 3.30. The van der Waals surface area contributed by atoms with Gasteiger partial charge in [0.1, 0.15) is 5.76 Å². The van der Waals surface area contributed by atoms with Gasteiger partial charge in [-0.15, -0.1) is 0 Å². The molecular formula is C19H22N3NaO4. The zero-order valence-corrected chi connectivity index (χ0v) is 17.7. The Morgan fingerprint density at radius 1 is 1.26 bits per heavy atom. The number of rotatable bonds is 7. The molecule has 1 amide bonds. The SMILES string of the molecule is CCc1ncc(CNC(=O)C2CCC(C(=O)[O-])N2Cc2ccccc2)o1.[Na+].